The molecule has 0 saturated heterocycles. The fourth-order valence-electron chi connectivity index (χ4n) is 8.79. The van der Waals surface area contributed by atoms with E-state index in [4.69, 9.17) is 0 Å². The molecule has 1 heterocycles. The van der Waals surface area contributed by atoms with Crippen LogP contribution in [0.3, 0.4) is 0 Å². The zero-order valence-corrected chi connectivity index (χ0v) is 25.7. The van der Waals surface area contributed by atoms with Gasteiger partial charge in [-0.3, -0.25) is 19.1 Å². The Morgan fingerprint density at radius 2 is 1.72 bits per heavy atom. The SMILES string of the molecule is Cn1nccc1C(=O)N[C@H](C(=O)Nc1cccc(C2(C(=O)NCC3(C)CCC3)CCCC2)c1)C(C1CC1)C1CC2CC2C1. The molecule has 8 heteroatoms. The van der Waals surface area contributed by atoms with E-state index in [1.807, 2.05) is 24.3 Å². The van der Waals surface area contributed by atoms with Crippen molar-refractivity contribution in [2.24, 2.45) is 42.1 Å². The monoisotopic (exact) mass is 585 g/mol. The van der Waals surface area contributed by atoms with Gasteiger partial charge in [0, 0.05) is 25.5 Å². The van der Waals surface area contributed by atoms with Crippen LogP contribution in [0.4, 0.5) is 5.69 Å². The van der Waals surface area contributed by atoms with Crippen LogP contribution in [-0.2, 0) is 22.1 Å². The molecular formula is C35H47N5O3. The van der Waals surface area contributed by atoms with Gasteiger partial charge in [-0.1, -0.05) is 38.3 Å². The van der Waals surface area contributed by atoms with Gasteiger partial charge in [0.15, 0.2) is 0 Å². The number of carbonyl (C=O) groups is 3. The molecule has 0 bridgehead atoms. The van der Waals surface area contributed by atoms with Gasteiger partial charge in [-0.25, -0.2) is 0 Å². The van der Waals surface area contributed by atoms with E-state index >= 15 is 0 Å². The topological polar surface area (TPSA) is 105 Å². The lowest BCUT2D eigenvalue weighted by Crippen LogP contribution is -2.51. The van der Waals surface area contributed by atoms with Crippen molar-refractivity contribution in [3.8, 4) is 0 Å². The van der Waals surface area contributed by atoms with Gasteiger partial charge in [0.05, 0.1) is 5.41 Å². The molecule has 7 rings (SSSR count). The minimum absolute atomic E-state index is 0.122. The first-order valence-electron chi connectivity index (χ1n) is 16.7. The quantitative estimate of drug-likeness (QED) is 0.331. The molecule has 8 nitrogen and oxygen atoms in total. The summed E-state index contributed by atoms with van der Waals surface area (Å²) in [6.07, 6.45) is 14.8. The summed E-state index contributed by atoms with van der Waals surface area (Å²) in [6, 6.07) is 9.00. The molecular weight excluding hydrogens is 538 g/mol. The molecule has 230 valence electrons. The van der Waals surface area contributed by atoms with Crippen LogP contribution in [0.2, 0.25) is 0 Å². The summed E-state index contributed by atoms with van der Waals surface area (Å²) >= 11 is 0. The van der Waals surface area contributed by atoms with Crippen molar-refractivity contribution >= 4 is 23.4 Å². The van der Waals surface area contributed by atoms with Crippen LogP contribution in [-0.4, -0.2) is 40.1 Å². The van der Waals surface area contributed by atoms with E-state index < -0.39 is 11.5 Å². The predicted molar refractivity (Wildman–Crippen MR) is 165 cm³/mol. The third-order valence-corrected chi connectivity index (χ3v) is 11.8. The van der Waals surface area contributed by atoms with E-state index in [-0.39, 0.29) is 29.1 Å². The average molecular weight is 586 g/mol. The van der Waals surface area contributed by atoms with Crippen LogP contribution >= 0.6 is 0 Å². The summed E-state index contributed by atoms with van der Waals surface area (Å²) in [4.78, 5) is 41.4. The van der Waals surface area contributed by atoms with E-state index in [1.165, 1.54) is 38.5 Å². The van der Waals surface area contributed by atoms with Crippen molar-refractivity contribution in [2.75, 3.05) is 11.9 Å². The second kappa shape index (κ2) is 11.1. The largest absolute Gasteiger partial charge is 0.355 e. The van der Waals surface area contributed by atoms with Crippen LogP contribution in [0, 0.1) is 35.0 Å². The van der Waals surface area contributed by atoms with Crippen LogP contribution < -0.4 is 16.0 Å². The zero-order valence-electron chi connectivity index (χ0n) is 25.7. The maximum Gasteiger partial charge on any atom is 0.270 e. The number of benzene rings is 1. The minimum Gasteiger partial charge on any atom is -0.355 e. The van der Waals surface area contributed by atoms with E-state index in [9.17, 15) is 14.4 Å². The first-order valence-corrected chi connectivity index (χ1v) is 16.7. The lowest BCUT2D eigenvalue weighted by atomic mass is 9.70. The Labute approximate surface area is 255 Å². The molecule has 5 fully saturated rings. The average Bonchev–Trinajstić information content (AvgIpc) is 3.77. The van der Waals surface area contributed by atoms with Crippen molar-refractivity contribution in [3.63, 3.8) is 0 Å². The molecule has 0 aliphatic heterocycles. The lowest BCUT2D eigenvalue weighted by molar-refractivity contribution is -0.127. The second-order valence-corrected chi connectivity index (χ2v) is 14.9. The maximum absolute atomic E-state index is 14.2. The van der Waals surface area contributed by atoms with Gasteiger partial charge in [0.2, 0.25) is 11.8 Å². The van der Waals surface area contributed by atoms with Gasteiger partial charge in [0.25, 0.3) is 5.91 Å². The number of rotatable bonds is 11. The molecule has 5 aliphatic rings. The Morgan fingerprint density at radius 3 is 2.35 bits per heavy atom. The first-order chi connectivity index (χ1) is 20.7. The number of carbonyl (C=O) groups excluding carboxylic acids is 3. The molecule has 3 N–H and O–H groups in total. The number of amides is 3. The standard InChI is InChI=1S/C35H47N5O3/c1-34(12-6-13-34)21-36-33(43)35(14-3-4-15-35)26-7-5-8-27(20-26)38-32(42)30(39-31(41)28-11-16-37-40(28)2)29(22-9-10-22)25-18-23-17-24(23)19-25/h5,7-8,11,16,20,22-25,29-30H,3-4,6,9-10,12-15,17-19,21H2,1-2H3,(H,36,43)(H,38,42)(H,39,41)/t23?,24?,25?,29?,30-/m0/s1. The van der Waals surface area contributed by atoms with Crippen LogP contribution in [0.15, 0.2) is 36.5 Å². The zero-order chi connectivity index (χ0) is 29.8. The fraction of sp³-hybridized carbons (Fsp3) is 0.657. The summed E-state index contributed by atoms with van der Waals surface area (Å²) in [5.41, 5.74) is 1.78. The molecule has 2 aromatic rings. The molecule has 1 aromatic heterocycles. The lowest BCUT2D eigenvalue weighted by Gasteiger charge is -2.39. The Hall–Kier alpha value is -3.16. The summed E-state index contributed by atoms with van der Waals surface area (Å²) in [5.74, 6) is 2.38. The summed E-state index contributed by atoms with van der Waals surface area (Å²) in [6.45, 7) is 2.99. The van der Waals surface area contributed by atoms with Crippen LogP contribution in [0.25, 0.3) is 0 Å². The maximum atomic E-state index is 14.2. The number of nitrogens with one attached hydrogen (secondary N) is 3. The Kier molecular flexibility index (Phi) is 7.37. The molecule has 0 radical (unpaired) electrons. The first kappa shape index (κ1) is 28.6. The molecule has 0 spiro atoms. The van der Waals surface area contributed by atoms with Crippen molar-refractivity contribution in [1.82, 2.24) is 20.4 Å². The number of hydrogen-bond donors (Lipinski definition) is 3. The molecule has 3 unspecified atom stereocenters. The van der Waals surface area contributed by atoms with E-state index in [0.717, 1.165) is 62.5 Å². The van der Waals surface area contributed by atoms with E-state index in [0.29, 0.717) is 23.2 Å². The van der Waals surface area contributed by atoms with Gasteiger partial charge < -0.3 is 16.0 Å². The van der Waals surface area contributed by atoms with Gasteiger partial charge in [-0.15, -0.1) is 0 Å². The Bertz CT molecular complexity index is 1380. The molecule has 5 saturated carbocycles. The van der Waals surface area contributed by atoms with E-state index in [1.54, 1.807) is 24.0 Å². The number of aromatic nitrogens is 2. The highest BCUT2D eigenvalue weighted by Crippen LogP contribution is 2.59. The highest BCUT2D eigenvalue weighted by Gasteiger charge is 2.53. The van der Waals surface area contributed by atoms with Gasteiger partial charge in [-0.05, 0) is 117 Å². The van der Waals surface area contributed by atoms with E-state index in [2.05, 4.69) is 28.0 Å². The highest BCUT2D eigenvalue weighted by atomic mass is 16.2. The smallest absolute Gasteiger partial charge is 0.270 e. The summed E-state index contributed by atoms with van der Waals surface area (Å²) in [5, 5.41) is 13.9. The minimum atomic E-state index is -0.618. The molecule has 4 atom stereocenters. The predicted octanol–water partition coefficient (Wildman–Crippen LogP) is 5.35. The van der Waals surface area contributed by atoms with Gasteiger partial charge in [-0.2, -0.15) is 5.10 Å². The normalized spacial score (nSPS) is 27.8. The van der Waals surface area contributed by atoms with Crippen molar-refractivity contribution in [3.05, 3.63) is 47.8 Å². The van der Waals surface area contributed by atoms with Crippen molar-refractivity contribution in [1.29, 1.82) is 0 Å². The summed E-state index contributed by atoms with van der Waals surface area (Å²) < 4.78 is 1.56. The molecule has 5 aliphatic carbocycles. The third-order valence-electron chi connectivity index (χ3n) is 11.8. The third kappa shape index (κ3) is 5.62. The number of aryl methyl sites for hydroxylation is 1. The van der Waals surface area contributed by atoms with Crippen molar-refractivity contribution < 1.29 is 14.4 Å². The number of hydrogen-bond acceptors (Lipinski definition) is 4. The van der Waals surface area contributed by atoms with Gasteiger partial charge in [0.1, 0.15) is 11.7 Å². The van der Waals surface area contributed by atoms with Crippen LogP contribution in [0.1, 0.15) is 100 Å². The van der Waals surface area contributed by atoms with Gasteiger partial charge >= 0.3 is 0 Å². The second-order valence-electron chi connectivity index (χ2n) is 14.9. The molecule has 43 heavy (non-hydrogen) atoms. The van der Waals surface area contributed by atoms with Crippen molar-refractivity contribution in [2.45, 2.75) is 95.4 Å². The Morgan fingerprint density at radius 1 is 0.977 bits per heavy atom. The number of fused-ring (bicyclic) bond motifs is 1. The highest BCUT2D eigenvalue weighted by molar-refractivity contribution is 6.01. The number of nitrogens with zero attached hydrogens (tertiary/aromatic N) is 2. The number of anilines is 1. The Balaban J connectivity index is 1.12. The fourth-order valence-corrected chi connectivity index (χ4v) is 8.79. The van der Waals surface area contributed by atoms with Crippen LogP contribution in [0.5, 0.6) is 0 Å². The molecule has 3 amide bonds. The molecule has 1 aromatic carbocycles. The summed E-state index contributed by atoms with van der Waals surface area (Å²) in [7, 11) is 1.75.